The van der Waals surface area contributed by atoms with Crippen LogP contribution in [0.3, 0.4) is 0 Å². The fourth-order valence-electron chi connectivity index (χ4n) is 1.36. The van der Waals surface area contributed by atoms with E-state index in [1.807, 2.05) is 12.1 Å². The summed E-state index contributed by atoms with van der Waals surface area (Å²) < 4.78 is 0. The lowest BCUT2D eigenvalue weighted by molar-refractivity contribution is 0.475. The fourth-order valence-corrected chi connectivity index (χ4v) is 1.36. The minimum Gasteiger partial charge on any atom is -0.508 e. The van der Waals surface area contributed by atoms with Crippen LogP contribution >= 0.6 is 0 Å². The molecule has 60 valence electrons. The molecule has 1 aromatic rings. The molecule has 0 saturated heterocycles. The number of hydrogen-bond donors (Lipinski definition) is 1. The highest BCUT2D eigenvalue weighted by atomic mass is 16.3. The summed E-state index contributed by atoms with van der Waals surface area (Å²) in [6.45, 7) is 7.02. The number of hydrogen-bond acceptors (Lipinski definition) is 1. The van der Waals surface area contributed by atoms with Gasteiger partial charge in [0, 0.05) is 18.4 Å². The second-order valence-corrected chi connectivity index (χ2v) is 3.19. The van der Waals surface area contributed by atoms with Gasteiger partial charge in [-0.05, 0) is 24.3 Å². The van der Waals surface area contributed by atoms with Crippen LogP contribution in [0.1, 0.15) is 18.4 Å². The fraction of sp³-hybridized carbons (Fsp3) is 0.300. The summed E-state index contributed by atoms with van der Waals surface area (Å²) in [5, 5.41) is 9.04. The van der Waals surface area contributed by atoms with E-state index in [9.17, 15) is 0 Å². The van der Waals surface area contributed by atoms with E-state index in [1.54, 1.807) is 12.1 Å². The summed E-state index contributed by atoms with van der Waals surface area (Å²) >= 11 is 0. The topological polar surface area (TPSA) is 24.6 Å². The van der Waals surface area contributed by atoms with Crippen LogP contribution in [0.5, 0.6) is 5.75 Å². The molecule has 12 heavy (non-hydrogen) atoms. The van der Waals surface area contributed by atoms with Crippen LogP contribution in [0.25, 0.3) is 4.85 Å². The quantitative estimate of drug-likeness (QED) is 0.625. The largest absolute Gasteiger partial charge is 0.508 e. The predicted molar refractivity (Wildman–Crippen MR) is 45.6 cm³/mol. The third-order valence-corrected chi connectivity index (χ3v) is 2.34. The van der Waals surface area contributed by atoms with Crippen molar-refractivity contribution in [1.82, 2.24) is 0 Å². The Morgan fingerprint density at radius 2 is 1.83 bits per heavy atom. The summed E-state index contributed by atoms with van der Waals surface area (Å²) in [4.78, 5) is 3.60. The Balaban J connectivity index is 2.37. The number of phenols is 1. The second kappa shape index (κ2) is 2.25. The van der Waals surface area contributed by atoms with Crippen LogP contribution in [0.2, 0.25) is 0 Å². The lowest BCUT2D eigenvalue weighted by Crippen LogP contribution is -1.97. The molecule has 1 saturated carbocycles. The van der Waals surface area contributed by atoms with Crippen molar-refractivity contribution in [1.29, 1.82) is 0 Å². The summed E-state index contributed by atoms with van der Waals surface area (Å²) in [5.41, 5.74) is 0.795. The Morgan fingerprint density at radius 1 is 1.25 bits per heavy atom. The average molecular weight is 159 g/mol. The second-order valence-electron chi connectivity index (χ2n) is 3.19. The number of nitrogens with zero attached hydrogens (tertiary/aromatic N) is 1. The Hall–Kier alpha value is -1.49. The lowest BCUT2D eigenvalue weighted by Gasteiger charge is -2.01. The van der Waals surface area contributed by atoms with E-state index < -0.39 is 0 Å². The van der Waals surface area contributed by atoms with Crippen LogP contribution in [-0.2, 0) is 5.54 Å². The highest BCUT2D eigenvalue weighted by Crippen LogP contribution is 2.49. The van der Waals surface area contributed by atoms with Gasteiger partial charge in [0.25, 0.3) is 5.54 Å². The zero-order valence-electron chi connectivity index (χ0n) is 6.62. The van der Waals surface area contributed by atoms with E-state index in [-0.39, 0.29) is 11.3 Å². The molecule has 0 spiro atoms. The third kappa shape index (κ3) is 0.947. The summed E-state index contributed by atoms with van der Waals surface area (Å²) in [5.74, 6) is 0.263. The number of rotatable bonds is 1. The maximum Gasteiger partial charge on any atom is 0.258 e. The van der Waals surface area contributed by atoms with Crippen molar-refractivity contribution in [2.75, 3.05) is 0 Å². The lowest BCUT2D eigenvalue weighted by atomic mass is 10.1. The van der Waals surface area contributed by atoms with Gasteiger partial charge in [0.05, 0.1) is 0 Å². The zero-order valence-corrected chi connectivity index (χ0v) is 6.62. The van der Waals surface area contributed by atoms with Crippen molar-refractivity contribution in [3.05, 3.63) is 41.2 Å². The maximum atomic E-state index is 9.04. The molecule has 2 nitrogen and oxygen atoms in total. The van der Waals surface area contributed by atoms with Crippen molar-refractivity contribution in [2.24, 2.45) is 0 Å². The van der Waals surface area contributed by atoms with E-state index >= 15 is 0 Å². The van der Waals surface area contributed by atoms with E-state index in [4.69, 9.17) is 11.7 Å². The molecule has 0 atom stereocenters. The maximum absolute atomic E-state index is 9.04. The molecule has 1 aliphatic carbocycles. The highest BCUT2D eigenvalue weighted by Gasteiger charge is 2.52. The van der Waals surface area contributed by atoms with Crippen molar-refractivity contribution in [3.8, 4) is 5.75 Å². The van der Waals surface area contributed by atoms with Crippen molar-refractivity contribution in [2.45, 2.75) is 18.4 Å². The van der Waals surface area contributed by atoms with Gasteiger partial charge in [-0.25, -0.2) is 6.57 Å². The van der Waals surface area contributed by atoms with E-state index in [0.29, 0.717) is 0 Å². The smallest absolute Gasteiger partial charge is 0.258 e. The van der Waals surface area contributed by atoms with Gasteiger partial charge < -0.3 is 9.95 Å². The molecule has 0 unspecified atom stereocenters. The molecule has 0 radical (unpaired) electrons. The van der Waals surface area contributed by atoms with Crippen LogP contribution in [0.4, 0.5) is 0 Å². The predicted octanol–water partition coefficient (Wildman–Crippen LogP) is 2.30. The Labute approximate surface area is 71.3 Å². The molecule has 1 fully saturated rings. The normalized spacial score (nSPS) is 18.2. The van der Waals surface area contributed by atoms with E-state index in [2.05, 4.69) is 4.85 Å². The van der Waals surface area contributed by atoms with Crippen LogP contribution in [-0.4, -0.2) is 5.11 Å². The zero-order chi connectivity index (χ0) is 8.60. The van der Waals surface area contributed by atoms with Gasteiger partial charge in [0.15, 0.2) is 0 Å². The SMILES string of the molecule is [C-]#[N+]C1(c2ccc(O)cc2)CC1. The summed E-state index contributed by atoms with van der Waals surface area (Å²) in [6, 6.07) is 6.95. The van der Waals surface area contributed by atoms with Gasteiger partial charge in [-0.15, -0.1) is 0 Å². The first kappa shape index (κ1) is 7.17. The van der Waals surface area contributed by atoms with Crippen LogP contribution < -0.4 is 0 Å². The van der Waals surface area contributed by atoms with E-state index in [1.165, 1.54) is 0 Å². The van der Waals surface area contributed by atoms with E-state index in [0.717, 1.165) is 18.4 Å². The van der Waals surface area contributed by atoms with Gasteiger partial charge in [-0.1, -0.05) is 0 Å². The molecule has 0 amide bonds. The van der Waals surface area contributed by atoms with Crippen molar-refractivity contribution >= 4 is 0 Å². The molecule has 1 N–H and O–H groups in total. The Kier molecular flexibility index (Phi) is 1.34. The molecule has 0 heterocycles. The van der Waals surface area contributed by atoms with Crippen molar-refractivity contribution in [3.63, 3.8) is 0 Å². The van der Waals surface area contributed by atoms with Gasteiger partial charge in [0.1, 0.15) is 5.75 Å². The number of benzene rings is 1. The first-order chi connectivity index (χ1) is 5.77. The first-order valence-corrected chi connectivity index (χ1v) is 3.95. The number of aromatic hydroxyl groups is 1. The Bertz CT molecular complexity index is 330. The minimum atomic E-state index is -0.242. The molecule has 0 aromatic heterocycles. The molecule has 2 rings (SSSR count). The molecule has 2 heteroatoms. The van der Waals surface area contributed by atoms with Crippen LogP contribution in [0.15, 0.2) is 24.3 Å². The standard InChI is InChI=1S/C10H9NO/c1-11-10(6-7-10)8-2-4-9(12)5-3-8/h2-5,12H,6-7H2. The molecule has 1 aromatic carbocycles. The molecular formula is C10H9NO. The monoisotopic (exact) mass is 159 g/mol. The first-order valence-electron chi connectivity index (χ1n) is 3.95. The number of phenolic OH excluding ortho intramolecular Hbond substituents is 1. The molecule has 0 aliphatic heterocycles. The Morgan fingerprint density at radius 3 is 2.25 bits per heavy atom. The average Bonchev–Trinajstić information content (AvgIpc) is 2.86. The minimum absolute atomic E-state index is 0.242. The molecule has 1 aliphatic rings. The van der Waals surface area contributed by atoms with Gasteiger partial charge in [0.2, 0.25) is 0 Å². The molecular weight excluding hydrogens is 150 g/mol. The van der Waals surface area contributed by atoms with Crippen LogP contribution in [0, 0.1) is 6.57 Å². The van der Waals surface area contributed by atoms with Gasteiger partial charge >= 0.3 is 0 Å². The summed E-state index contributed by atoms with van der Waals surface area (Å²) in [7, 11) is 0. The molecule has 0 bridgehead atoms. The summed E-state index contributed by atoms with van der Waals surface area (Å²) in [6.07, 6.45) is 1.92. The van der Waals surface area contributed by atoms with Gasteiger partial charge in [-0.2, -0.15) is 0 Å². The van der Waals surface area contributed by atoms with Crippen molar-refractivity contribution < 1.29 is 5.11 Å². The third-order valence-electron chi connectivity index (χ3n) is 2.34. The van der Waals surface area contributed by atoms with Gasteiger partial charge in [-0.3, -0.25) is 0 Å². The highest BCUT2D eigenvalue weighted by molar-refractivity contribution is 5.37.